The standard InChI is InChI=1S/C14H22FNO/c1-2-3-4-5-10-17-14-7-6-13(15)11-12(14)8-9-16/h6-7,11H,2-5,8-10,16H2,1H3. The largest absolute Gasteiger partial charge is 0.493 e. The summed E-state index contributed by atoms with van der Waals surface area (Å²) in [5.74, 6) is 0.542. The molecule has 0 fully saturated rings. The van der Waals surface area contributed by atoms with Crippen LogP contribution in [0.2, 0.25) is 0 Å². The van der Waals surface area contributed by atoms with Crippen molar-refractivity contribution in [1.82, 2.24) is 0 Å². The smallest absolute Gasteiger partial charge is 0.123 e. The lowest BCUT2D eigenvalue weighted by Crippen LogP contribution is -2.06. The Morgan fingerprint density at radius 2 is 2.06 bits per heavy atom. The lowest BCUT2D eigenvalue weighted by atomic mass is 10.1. The molecular weight excluding hydrogens is 217 g/mol. The molecule has 1 aromatic rings. The van der Waals surface area contributed by atoms with Crippen LogP contribution in [0.15, 0.2) is 18.2 Å². The van der Waals surface area contributed by atoms with E-state index in [1.807, 2.05) is 0 Å². The van der Waals surface area contributed by atoms with Crippen molar-refractivity contribution in [2.75, 3.05) is 13.2 Å². The molecule has 0 aliphatic heterocycles. The molecular formula is C14H22FNO. The second kappa shape index (κ2) is 8.07. The van der Waals surface area contributed by atoms with Gasteiger partial charge in [-0.2, -0.15) is 0 Å². The zero-order valence-corrected chi connectivity index (χ0v) is 10.5. The lowest BCUT2D eigenvalue weighted by molar-refractivity contribution is 0.301. The van der Waals surface area contributed by atoms with Gasteiger partial charge in [0.25, 0.3) is 0 Å². The van der Waals surface area contributed by atoms with Crippen LogP contribution < -0.4 is 10.5 Å². The minimum atomic E-state index is -0.230. The number of hydrogen-bond donors (Lipinski definition) is 1. The van der Waals surface area contributed by atoms with E-state index >= 15 is 0 Å². The van der Waals surface area contributed by atoms with E-state index in [0.29, 0.717) is 19.6 Å². The molecule has 0 bridgehead atoms. The molecule has 0 atom stereocenters. The van der Waals surface area contributed by atoms with Gasteiger partial charge in [0.15, 0.2) is 0 Å². The van der Waals surface area contributed by atoms with Gasteiger partial charge in [-0.25, -0.2) is 4.39 Å². The predicted molar refractivity (Wildman–Crippen MR) is 68.8 cm³/mol. The zero-order chi connectivity index (χ0) is 12.5. The maximum Gasteiger partial charge on any atom is 0.123 e. The zero-order valence-electron chi connectivity index (χ0n) is 10.5. The summed E-state index contributed by atoms with van der Waals surface area (Å²) in [5.41, 5.74) is 6.36. The van der Waals surface area contributed by atoms with E-state index in [2.05, 4.69) is 6.92 Å². The van der Waals surface area contributed by atoms with Gasteiger partial charge in [0.05, 0.1) is 6.61 Å². The van der Waals surface area contributed by atoms with Gasteiger partial charge >= 0.3 is 0 Å². The van der Waals surface area contributed by atoms with Crippen LogP contribution in [0.25, 0.3) is 0 Å². The summed E-state index contributed by atoms with van der Waals surface area (Å²) in [6, 6.07) is 4.63. The van der Waals surface area contributed by atoms with Crippen molar-refractivity contribution in [2.24, 2.45) is 5.73 Å². The van der Waals surface area contributed by atoms with Crippen molar-refractivity contribution in [2.45, 2.75) is 39.0 Å². The fourth-order valence-corrected chi connectivity index (χ4v) is 1.75. The highest BCUT2D eigenvalue weighted by atomic mass is 19.1. The summed E-state index contributed by atoms with van der Waals surface area (Å²) in [7, 11) is 0. The number of benzene rings is 1. The Bertz CT molecular complexity index is 328. The Morgan fingerprint density at radius 1 is 1.24 bits per heavy atom. The van der Waals surface area contributed by atoms with Gasteiger partial charge in [0, 0.05) is 0 Å². The van der Waals surface area contributed by atoms with Crippen LogP contribution in [-0.2, 0) is 6.42 Å². The third-order valence-corrected chi connectivity index (χ3v) is 2.69. The maximum atomic E-state index is 13.1. The predicted octanol–water partition coefficient (Wildman–Crippen LogP) is 3.29. The Morgan fingerprint density at radius 3 is 2.76 bits per heavy atom. The van der Waals surface area contributed by atoms with E-state index in [0.717, 1.165) is 17.7 Å². The van der Waals surface area contributed by atoms with Crippen molar-refractivity contribution in [3.63, 3.8) is 0 Å². The molecule has 0 amide bonds. The third-order valence-electron chi connectivity index (χ3n) is 2.69. The Hall–Kier alpha value is -1.09. The molecule has 0 radical (unpaired) electrons. The first-order valence-electron chi connectivity index (χ1n) is 6.39. The molecule has 1 aromatic carbocycles. The van der Waals surface area contributed by atoms with Gasteiger partial charge in [-0.1, -0.05) is 26.2 Å². The average molecular weight is 239 g/mol. The molecule has 0 saturated heterocycles. The van der Waals surface area contributed by atoms with Gasteiger partial charge in [0.1, 0.15) is 11.6 Å². The van der Waals surface area contributed by atoms with E-state index in [1.54, 1.807) is 6.07 Å². The number of nitrogens with two attached hydrogens (primary N) is 1. The first-order valence-corrected chi connectivity index (χ1v) is 6.39. The Labute approximate surface area is 103 Å². The molecule has 0 saturated carbocycles. The van der Waals surface area contributed by atoms with Crippen molar-refractivity contribution >= 4 is 0 Å². The quantitative estimate of drug-likeness (QED) is 0.706. The monoisotopic (exact) mass is 239 g/mol. The number of halogens is 1. The first kappa shape index (κ1) is 14.0. The molecule has 0 aliphatic carbocycles. The highest BCUT2D eigenvalue weighted by Crippen LogP contribution is 2.20. The molecule has 96 valence electrons. The maximum absolute atomic E-state index is 13.1. The number of hydrogen-bond acceptors (Lipinski definition) is 2. The van der Waals surface area contributed by atoms with Crippen molar-refractivity contribution in [1.29, 1.82) is 0 Å². The van der Waals surface area contributed by atoms with Crippen LogP contribution >= 0.6 is 0 Å². The average Bonchev–Trinajstić information content (AvgIpc) is 2.32. The summed E-state index contributed by atoms with van der Waals surface area (Å²) in [4.78, 5) is 0. The summed E-state index contributed by atoms with van der Waals surface area (Å²) in [5, 5.41) is 0. The van der Waals surface area contributed by atoms with Crippen molar-refractivity contribution < 1.29 is 9.13 Å². The summed E-state index contributed by atoms with van der Waals surface area (Å²) >= 11 is 0. The fourth-order valence-electron chi connectivity index (χ4n) is 1.75. The topological polar surface area (TPSA) is 35.2 Å². The van der Waals surface area contributed by atoms with E-state index < -0.39 is 0 Å². The molecule has 0 aromatic heterocycles. The minimum absolute atomic E-state index is 0.230. The van der Waals surface area contributed by atoms with E-state index in [9.17, 15) is 4.39 Å². The normalized spacial score (nSPS) is 10.5. The minimum Gasteiger partial charge on any atom is -0.493 e. The molecule has 2 N–H and O–H groups in total. The van der Waals surface area contributed by atoms with E-state index in [4.69, 9.17) is 10.5 Å². The van der Waals surface area contributed by atoms with Crippen LogP contribution in [0.1, 0.15) is 38.2 Å². The second-order valence-electron chi connectivity index (χ2n) is 4.20. The van der Waals surface area contributed by atoms with Crippen LogP contribution in [0, 0.1) is 5.82 Å². The van der Waals surface area contributed by atoms with Gasteiger partial charge < -0.3 is 10.5 Å². The summed E-state index contributed by atoms with van der Waals surface area (Å²) < 4.78 is 18.7. The SMILES string of the molecule is CCCCCCOc1ccc(F)cc1CCN. The van der Waals surface area contributed by atoms with Crippen LogP contribution in [-0.4, -0.2) is 13.2 Å². The fraction of sp³-hybridized carbons (Fsp3) is 0.571. The Kier molecular flexibility index (Phi) is 6.63. The lowest BCUT2D eigenvalue weighted by Gasteiger charge is -2.11. The molecule has 1 rings (SSSR count). The van der Waals surface area contributed by atoms with Gasteiger partial charge in [-0.05, 0) is 43.1 Å². The van der Waals surface area contributed by atoms with Gasteiger partial charge in [0.2, 0.25) is 0 Å². The second-order valence-corrected chi connectivity index (χ2v) is 4.20. The molecule has 0 spiro atoms. The molecule has 2 nitrogen and oxygen atoms in total. The molecule has 0 aliphatic rings. The van der Waals surface area contributed by atoms with E-state index in [1.165, 1.54) is 31.4 Å². The van der Waals surface area contributed by atoms with Crippen LogP contribution in [0.3, 0.4) is 0 Å². The van der Waals surface area contributed by atoms with Crippen LogP contribution in [0.4, 0.5) is 4.39 Å². The van der Waals surface area contributed by atoms with E-state index in [-0.39, 0.29) is 5.82 Å². The van der Waals surface area contributed by atoms with Crippen LogP contribution in [0.5, 0.6) is 5.75 Å². The Balaban J connectivity index is 2.45. The van der Waals surface area contributed by atoms with Crippen molar-refractivity contribution in [3.8, 4) is 5.75 Å². The molecule has 17 heavy (non-hydrogen) atoms. The summed E-state index contributed by atoms with van der Waals surface area (Å²) in [6.07, 6.45) is 5.34. The first-order chi connectivity index (χ1) is 8.27. The highest BCUT2D eigenvalue weighted by molar-refractivity contribution is 5.34. The third kappa shape index (κ3) is 5.18. The van der Waals surface area contributed by atoms with Gasteiger partial charge in [-0.3, -0.25) is 0 Å². The molecule has 3 heteroatoms. The summed E-state index contributed by atoms with van der Waals surface area (Å²) in [6.45, 7) is 3.39. The number of rotatable bonds is 8. The molecule has 0 heterocycles. The molecule has 0 unspecified atom stereocenters. The number of ether oxygens (including phenoxy) is 1. The number of unbranched alkanes of at least 4 members (excludes halogenated alkanes) is 3. The highest BCUT2D eigenvalue weighted by Gasteiger charge is 2.04. The van der Waals surface area contributed by atoms with Gasteiger partial charge in [-0.15, -0.1) is 0 Å². The van der Waals surface area contributed by atoms with Crippen molar-refractivity contribution in [3.05, 3.63) is 29.6 Å².